The predicted octanol–water partition coefficient (Wildman–Crippen LogP) is 3.04. The Kier molecular flexibility index (Phi) is 12.9. The number of carbonyl (C=O) groups is 4. The molecule has 258 valence electrons. The van der Waals surface area contributed by atoms with E-state index in [2.05, 4.69) is 21.0 Å². The molecule has 0 saturated heterocycles. The Morgan fingerprint density at radius 2 is 1.71 bits per heavy atom. The summed E-state index contributed by atoms with van der Waals surface area (Å²) in [4.78, 5) is 59.6. The largest absolute Gasteiger partial charge is 0.493 e. The van der Waals surface area contributed by atoms with E-state index >= 15 is 0 Å². The first kappa shape index (κ1) is 35.9. The second kappa shape index (κ2) is 17.3. The zero-order chi connectivity index (χ0) is 34.6. The molecule has 48 heavy (non-hydrogen) atoms. The van der Waals surface area contributed by atoms with Crippen LogP contribution in [0.15, 0.2) is 48.5 Å². The Morgan fingerprint density at radius 1 is 0.979 bits per heavy atom. The van der Waals surface area contributed by atoms with Gasteiger partial charge in [0.2, 0.25) is 17.7 Å². The van der Waals surface area contributed by atoms with Crippen molar-refractivity contribution in [2.45, 2.75) is 71.5 Å². The maximum Gasteiger partial charge on any atom is 0.253 e. The first-order valence-corrected chi connectivity index (χ1v) is 16.5. The molecule has 0 fully saturated rings. The van der Waals surface area contributed by atoms with Gasteiger partial charge >= 0.3 is 0 Å². The second-order valence-electron chi connectivity index (χ2n) is 12.0. The van der Waals surface area contributed by atoms with Crippen LogP contribution < -0.4 is 25.4 Å². The molecule has 0 unspecified atom stereocenters. The standard InChI is InChI=1S/C35H47N7O6/c1-6-23(2)32-34(45)37-24(3)33-38-29(21-25-15-16-27(47-4)28(20-25)48-5)40-42(33)22-31(44)36-17-11-19-41(18-10-14-30(43)39-32)35(46)26-12-8-7-9-13-26/h7-9,12-13,15-16,20,23-24,32H,6,10-11,14,17-19,21-22H2,1-5H3,(H,36,44)(H,37,45)(H,39,43)/t23-,24+,32-/m0/s1. The third-order valence-electron chi connectivity index (χ3n) is 8.47. The summed E-state index contributed by atoms with van der Waals surface area (Å²) in [5.74, 6) is 0.854. The first-order chi connectivity index (χ1) is 23.1. The number of nitrogens with one attached hydrogen (secondary N) is 3. The van der Waals surface area contributed by atoms with Crippen LogP contribution in [0.4, 0.5) is 0 Å². The highest BCUT2D eigenvalue weighted by atomic mass is 16.5. The summed E-state index contributed by atoms with van der Waals surface area (Å²) >= 11 is 0. The molecule has 2 heterocycles. The van der Waals surface area contributed by atoms with Gasteiger partial charge in [-0.25, -0.2) is 9.67 Å². The fourth-order valence-corrected chi connectivity index (χ4v) is 5.60. The van der Waals surface area contributed by atoms with Crippen molar-refractivity contribution < 1.29 is 28.7 Å². The van der Waals surface area contributed by atoms with Crippen LogP contribution in [0.1, 0.15) is 80.1 Å². The average Bonchev–Trinajstić information content (AvgIpc) is 3.48. The molecule has 2 aromatic carbocycles. The molecule has 13 heteroatoms. The number of methoxy groups -OCH3 is 2. The lowest BCUT2D eigenvalue weighted by atomic mass is 9.97. The summed E-state index contributed by atoms with van der Waals surface area (Å²) < 4.78 is 12.3. The normalized spacial score (nSPS) is 19.1. The van der Waals surface area contributed by atoms with Gasteiger partial charge in [-0.15, -0.1) is 0 Å². The summed E-state index contributed by atoms with van der Waals surface area (Å²) in [6.07, 6.45) is 2.11. The maximum atomic E-state index is 13.6. The van der Waals surface area contributed by atoms with Gasteiger partial charge < -0.3 is 30.3 Å². The Hall–Kier alpha value is -4.94. The molecule has 0 radical (unpaired) electrons. The van der Waals surface area contributed by atoms with E-state index < -0.39 is 12.1 Å². The number of carbonyl (C=O) groups excluding carboxylic acids is 4. The van der Waals surface area contributed by atoms with Crippen molar-refractivity contribution in [1.82, 2.24) is 35.6 Å². The van der Waals surface area contributed by atoms with Crippen LogP contribution >= 0.6 is 0 Å². The van der Waals surface area contributed by atoms with Crippen molar-refractivity contribution in [2.75, 3.05) is 33.9 Å². The van der Waals surface area contributed by atoms with Gasteiger partial charge in [0.25, 0.3) is 5.91 Å². The van der Waals surface area contributed by atoms with Crippen LogP contribution in [0.5, 0.6) is 11.5 Å². The molecule has 3 N–H and O–H groups in total. The summed E-state index contributed by atoms with van der Waals surface area (Å²) in [5.41, 5.74) is 1.43. The van der Waals surface area contributed by atoms with E-state index in [1.54, 1.807) is 44.2 Å². The molecule has 3 atom stereocenters. The number of hydrogen-bond acceptors (Lipinski definition) is 8. The molecule has 0 spiro atoms. The number of amides is 4. The van der Waals surface area contributed by atoms with E-state index in [-0.39, 0.29) is 42.5 Å². The topological polar surface area (TPSA) is 157 Å². The molecule has 4 rings (SSSR count). The minimum absolute atomic E-state index is 0.118. The van der Waals surface area contributed by atoms with E-state index in [1.807, 2.05) is 44.2 Å². The number of hydrogen-bond donors (Lipinski definition) is 3. The molecule has 0 aliphatic carbocycles. The van der Waals surface area contributed by atoms with Crippen molar-refractivity contribution in [3.8, 4) is 11.5 Å². The summed E-state index contributed by atoms with van der Waals surface area (Å²) in [5, 5.41) is 13.5. The quantitative estimate of drug-likeness (QED) is 0.349. The molecule has 1 aromatic heterocycles. The number of rotatable bonds is 7. The van der Waals surface area contributed by atoms with E-state index in [0.717, 1.165) is 5.56 Å². The van der Waals surface area contributed by atoms with Gasteiger partial charge in [-0.2, -0.15) is 5.10 Å². The second-order valence-corrected chi connectivity index (χ2v) is 12.0. The molecule has 0 bridgehead atoms. The van der Waals surface area contributed by atoms with E-state index in [1.165, 1.54) is 4.68 Å². The maximum absolute atomic E-state index is 13.6. The Morgan fingerprint density at radius 3 is 2.42 bits per heavy atom. The number of ether oxygens (including phenoxy) is 2. The number of benzene rings is 2. The van der Waals surface area contributed by atoms with Gasteiger partial charge in [0.1, 0.15) is 18.4 Å². The minimum Gasteiger partial charge on any atom is -0.493 e. The Labute approximate surface area is 281 Å². The Bertz CT molecular complexity index is 1560. The average molecular weight is 662 g/mol. The van der Waals surface area contributed by atoms with Crippen LogP contribution in [0.25, 0.3) is 0 Å². The molecular formula is C35H47N7O6. The highest BCUT2D eigenvalue weighted by Gasteiger charge is 2.29. The zero-order valence-electron chi connectivity index (χ0n) is 28.5. The summed E-state index contributed by atoms with van der Waals surface area (Å²) in [7, 11) is 3.13. The van der Waals surface area contributed by atoms with Crippen LogP contribution in [0.2, 0.25) is 0 Å². The van der Waals surface area contributed by atoms with E-state index in [4.69, 9.17) is 14.5 Å². The van der Waals surface area contributed by atoms with Gasteiger partial charge in [0.15, 0.2) is 17.3 Å². The third-order valence-corrected chi connectivity index (χ3v) is 8.47. The van der Waals surface area contributed by atoms with Crippen LogP contribution in [-0.4, -0.2) is 83.2 Å². The van der Waals surface area contributed by atoms with Crippen molar-refractivity contribution in [3.05, 3.63) is 71.3 Å². The van der Waals surface area contributed by atoms with Crippen LogP contribution in [0, 0.1) is 5.92 Å². The number of fused-ring (bicyclic) bond motifs is 1. The lowest BCUT2D eigenvalue weighted by Gasteiger charge is -2.26. The van der Waals surface area contributed by atoms with Gasteiger partial charge in [-0.3, -0.25) is 19.2 Å². The SMILES string of the molecule is CC[C@H](C)[C@@H]1NC(=O)CCCN(C(=O)c2ccccc2)CCCNC(=O)Cn2nc(Cc3ccc(OC)c(OC)c3)nc2[C@@H](C)NC1=O. The lowest BCUT2D eigenvalue weighted by molar-refractivity contribution is -0.130. The van der Waals surface area contributed by atoms with Crippen molar-refractivity contribution in [3.63, 3.8) is 0 Å². The predicted molar refractivity (Wildman–Crippen MR) is 180 cm³/mol. The van der Waals surface area contributed by atoms with Crippen molar-refractivity contribution in [2.24, 2.45) is 5.92 Å². The van der Waals surface area contributed by atoms with E-state index in [0.29, 0.717) is 74.0 Å². The highest BCUT2D eigenvalue weighted by molar-refractivity contribution is 5.94. The fourth-order valence-electron chi connectivity index (χ4n) is 5.60. The molecule has 3 aromatic rings. The van der Waals surface area contributed by atoms with Crippen LogP contribution in [-0.2, 0) is 27.3 Å². The van der Waals surface area contributed by atoms with Crippen molar-refractivity contribution in [1.29, 1.82) is 0 Å². The van der Waals surface area contributed by atoms with Gasteiger partial charge in [0.05, 0.1) is 20.3 Å². The zero-order valence-corrected chi connectivity index (χ0v) is 28.5. The van der Waals surface area contributed by atoms with E-state index in [9.17, 15) is 19.2 Å². The van der Waals surface area contributed by atoms with Crippen molar-refractivity contribution >= 4 is 23.6 Å². The highest BCUT2D eigenvalue weighted by Crippen LogP contribution is 2.28. The first-order valence-electron chi connectivity index (χ1n) is 16.5. The molecule has 0 saturated carbocycles. The molecule has 1 aliphatic rings. The number of nitrogens with zero attached hydrogens (tertiary/aromatic N) is 4. The summed E-state index contributed by atoms with van der Waals surface area (Å²) in [6, 6.07) is 13.1. The molecule has 1 aliphatic heterocycles. The van der Waals surface area contributed by atoms with Gasteiger partial charge in [-0.1, -0.05) is 44.5 Å². The summed E-state index contributed by atoms with van der Waals surface area (Å²) in [6.45, 7) is 6.63. The monoisotopic (exact) mass is 661 g/mol. The lowest BCUT2D eigenvalue weighted by Crippen LogP contribution is -2.51. The van der Waals surface area contributed by atoms with Crippen LogP contribution in [0.3, 0.4) is 0 Å². The minimum atomic E-state index is -0.781. The molecular weight excluding hydrogens is 614 g/mol. The smallest absolute Gasteiger partial charge is 0.253 e. The molecule has 4 amide bonds. The third kappa shape index (κ3) is 9.55. The Balaban J connectivity index is 1.60. The molecule has 13 nitrogen and oxygen atoms in total. The number of aromatic nitrogens is 3. The van der Waals surface area contributed by atoms with Gasteiger partial charge in [0, 0.05) is 38.0 Å². The fraction of sp³-hybridized carbons (Fsp3) is 0.486. The van der Waals surface area contributed by atoms with Gasteiger partial charge in [-0.05, 0) is 55.5 Å².